The van der Waals surface area contributed by atoms with Gasteiger partial charge in [0.05, 0.1) is 0 Å². The van der Waals surface area contributed by atoms with Crippen LogP contribution in [0.15, 0.2) is 0 Å². The predicted octanol–water partition coefficient (Wildman–Crippen LogP) is 2.58. The minimum absolute atomic E-state index is 0.00259. The molecule has 2 unspecified atom stereocenters. The van der Waals surface area contributed by atoms with Crippen LogP contribution in [0.25, 0.3) is 0 Å². The maximum Gasteiger partial charge on any atom is 0.417 e. The van der Waals surface area contributed by atoms with Crippen molar-refractivity contribution < 1.29 is 23.1 Å². The van der Waals surface area contributed by atoms with Crippen molar-refractivity contribution in [2.75, 3.05) is 13.1 Å². The minimum atomic E-state index is -4.63. The number of carbonyl (C=O) groups is 1. The molecule has 116 valence electrons. The van der Waals surface area contributed by atoms with Crippen molar-refractivity contribution in [3.8, 4) is 0 Å². The molecule has 0 radical (unpaired) electrons. The van der Waals surface area contributed by atoms with Crippen LogP contribution in [-0.4, -0.2) is 40.8 Å². The van der Waals surface area contributed by atoms with Crippen LogP contribution >= 0.6 is 0 Å². The largest absolute Gasteiger partial charge is 0.417 e. The van der Waals surface area contributed by atoms with E-state index < -0.39 is 29.0 Å². The lowest BCUT2D eigenvalue weighted by atomic mass is 9.64. The Balaban J connectivity index is 2.26. The quantitative estimate of drug-likeness (QED) is 0.746. The fourth-order valence-corrected chi connectivity index (χ4v) is 3.55. The summed E-state index contributed by atoms with van der Waals surface area (Å²) < 4.78 is 39.8. The van der Waals surface area contributed by atoms with E-state index in [1.54, 1.807) is 20.8 Å². The lowest BCUT2D eigenvalue weighted by Gasteiger charge is -2.53. The van der Waals surface area contributed by atoms with Gasteiger partial charge in [-0.2, -0.15) is 13.2 Å². The van der Waals surface area contributed by atoms with E-state index in [2.05, 4.69) is 0 Å². The Kier molecular flexibility index (Phi) is 3.60. The standard InChI is InChI=1S/C14H22F3NO2/c1-12(2,3)11(19)18-7-9-5-4-6-10(8-18)13(9,20)14(15,16)17/h9-10,20H,4-8H2,1-3H3. The average Bonchev–Trinajstić information content (AvgIpc) is 2.24. The fourth-order valence-electron chi connectivity index (χ4n) is 3.55. The smallest absolute Gasteiger partial charge is 0.380 e. The minimum Gasteiger partial charge on any atom is -0.380 e. The highest BCUT2D eigenvalue weighted by atomic mass is 19.4. The second-order valence-electron chi connectivity index (χ2n) is 7.11. The van der Waals surface area contributed by atoms with E-state index in [0.29, 0.717) is 19.3 Å². The molecule has 2 atom stereocenters. The highest BCUT2D eigenvalue weighted by molar-refractivity contribution is 5.81. The van der Waals surface area contributed by atoms with Gasteiger partial charge in [-0.1, -0.05) is 27.2 Å². The summed E-state index contributed by atoms with van der Waals surface area (Å²) in [5.41, 5.74) is -3.23. The molecule has 0 spiro atoms. The number of fused-ring (bicyclic) bond motifs is 2. The maximum absolute atomic E-state index is 13.3. The zero-order valence-corrected chi connectivity index (χ0v) is 12.1. The number of halogens is 3. The van der Waals surface area contributed by atoms with Crippen LogP contribution in [0.3, 0.4) is 0 Å². The molecule has 6 heteroatoms. The van der Waals surface area contributed by atoms with E-state index in [1.807, 2.05) is 0 Å². The molecule has 2 aliphatic rings. The van der Waals surface area contributed by atoms with Crippen molar-refractivity contribution in [2.24, 2.45) is 17.3 Å². The van der Waals surface area contributed by atoms with Gasteiger partial charge >= 0.3 is 6.18 Å². The molecule has 1 aliphatic heterocycles. The first kappa shape index (κ1) is 15.6. The number of likely N-dealkylation sites (tertiary alicyclic amines) is 1. The zero-order valence-electron chi connectivity index (χ0n) is 12.1. The summed E-state index contributed by atoms with van der Waals surface area (Å²) in [6.07, 6.45) is -3.30. The Morgan fingerprint density at radius 3 is 1.95 bits per heavy atom. The van der Waals surface area contributed by atoms with E-state index >= 15 is 0 Å². The number of piperidine rings is 1. The molecule has 2 fully saturated rings. The van der Waals surface area contributed by atoms with Gasteiger partial charge in [0, 0.05) is 30.3 Å². The lowest BCUT2D eigenvalue weighted by Crippen LogP contribution is -2.67. The van der Waals surface area contributed by atoms with Crippen molar-refractivity contribution >= 4 is 5.91 Å². The van der Waals surface area contributed by atoms with Crippen molar-refractivity contribution in [3.05, 3.63) is 0 Å². The Bertz CT molecular complexity index is 386. The third kappa shape index (κ3) is 2.32. The lowest BCUT2D eigenvalue weighted by molar-refractivity contribution is -0.319. The molecule has 1 saturated heterocycles. The van der Waals surface area contributed by atoms with E-state index in [1.165, 1.54) is 4.90 Å². The van der Waals surface area contributed by atoms with Crippen molar-refractivity contribution in [1.82, 2.24) is 4.90 Å². The van der Waals surface area contributed by atoms with Gasteiger partial charge in [0.25, 0.3) is 0 Å². The van der Waals surface area contributed by atoms with Gasteiger partial charge in [-0.25, -0.2) is 0 Å². The average molecular weight is 293 g/mol. The number of alkyl halides is 3. The third-order valence-electron chi connectivity index (χ3n) is 4.61. The summed E-state index contributed by atoms with van der Waals surface area (Å²) in [5.74, 6) is -1.94. The van der Waals surface area contributed by atoms with Crippen LogP contribution in [0.2, 0.25) is 0 Å². The topological polar surface area (TPSA) is 40.5 Å². The Morgan fingerprint density at radius 1 is 1.15 bits per heavy atom. The van der Waals surface area contributed by atoms with Crippen LogP contribution in [0.5, 0.6) is 0 Å². The molecule has 0 aromatic rings. The predicted molar refractivity (Wildman–Crippen MR) is 67.9 cm³/mol. The van der Waals surface area contributed by atoms with Gasteiger partial charge in [0.2, 0.25) is 5.91 Å². The summed E-state index contributed by atoms with van der Waals surface area (Å²) in [6, 6.07) is 0. The molecule has 1 saturated carbocycles. The maximum atomic E-state index is 13.3. The van der Waals surface area contributed by atoms with Crippen LogP contribution in [-0.2, 0) is 4.79 Å². The number of aliphatic hydroxyl groups is 1. The molecule has 20 heavy (non-hydrogen) atoms. The fraction of sp³-hybridized carbons (Fsp3) is 0.929. The molecule has 1 aliphatic carbocycles. The molecule has 2 rings (SSSR count). The Hall–Kier alpha value is -0.780. The first-order chi connectivity index (χ1) is 8.98. The molecule has 1 heterocycles. The Morgan fingerprint density at radius 2 is 1.60 bits per heavy atom. The molecule has 3 nitrogen and oxygen atoms in total. The van der Waals surface area contributed by atoms with Gasteiger partial charge < -0.3 is 10.0 Å². The van der Waals surface area contributed by atoms with Crippen LogP contribution in [0.4, 0.5) is 13.2 Å². The highest BCUT2D eigenvalue weighted by Gasteiger charge is 2.66. The molecule has 2 bridgehead atoms. The van der Waals surface area contributed by atoms with Crippen LogP contribution in [0.1, 0.15) is 40.0 Å². The van der Waals surface area contributed by atoms with E-state index in [4.69, 9.17) is 0 Å². The first-order valence-corrected chi connectivity index (χ1v) is 7.06. The summed E-state index contributed by atoms with van der Waals surface area (Å²) in [5, 5.41) is 10.2. The first-order valence-electron chi connectivity index (χ1n) is 7.06. The third-order valence-corrected chi connectivity index (χ3v) is 4.61. The summed E-state index contributed by atoms with van der Waals surface area (Å²) in [6.45, 7) is 5.28. The number of carbonyl (C=O) groups excluding carboxylic acids is 1. The molecular formula is C14H22F3NO2. The van der Waals surface area contributed by atoms with Crippen molar-refractivity contribution in [1.29, 1.82) is 0 Å². The number of hydrogen-bond acceptors (Lipinski definition) is 2. The summed E-state index contributed by atoms with van der Waals surface area (Å²) >= 11 is 0. The second kappa shape index (κ2) is 4.61. The number of hydrogen-bond donors (Lipinski definition) is 1. The van der Waals surface area contributed by atoms with Gasteiger partial charge in [0.1, 0.15) is 0 Å². The highest BCUT2D eigenvalue weighted by Crippen LogP contribution is 2.51. The summed E-state index contributed by atoms with van der Waals surface area (Å²) in [4.78, 5) is 13.8. The SMILES string of the molecule is CC(C)(C)C(=O)N1CC2CCCC(C1)C2(O)C(F)(F)F. The molecule has 1 amide bonds. The summed E-state index contributed by atoms with van der Waals surface area (Å²) in [7, 11) is 0. The monoisotopic (exact) mass is 293 g/mol. The van der Waals surface area contributed by atoms with Gasteiger partial charge in [-0.15, -0.1) is 0 Å². The number of amides is 1. The molecule has 1 N–H and O–H groups in total. The van der Waals surface area contributed by atoms with Gasteiger partial charge in [-0.05, 0) is 12.8 Å². The Labute approximate surface area is 117 Å². The molecule has 0 aromatic carbocycles. The van der Waals surface area contributed by atoms with E-state index in [0.717, 1.165) is 0 Å². The van der Waals surface area contributed by atoms with Crippen molar-refractivity contribution in [2.45, 2.75) is 51.8 Å². The van der Waals surface area contributed by atoms with E-state index in [9.17, 15) is 23.1 Å². The molecular weight excluding hydrogens is 271 g/mol. The molecule has 0 aromatic heterocycles. The normalized spacial score (nSPS) is 35.0. The van der Waals surface area contributed by atoms with Crippen molar-refractivity contribution in [3.63, 3.8) is 0 Å². The van der Waals surface area contributed by atoms with Gasteiger partial charge in [-0.3, -0.25) is 4.79 Å². The van der Waals surface area contributed by atoms with Crippen LogP contribution in [0, 0.1) is 17.3 Å². The second-order valence-corrected chi connectivity index (χ2v) is 7.11. The number of nitrogens with zero attached hydrogens (tertiary/aromatic N) is 1. The van der Waals surface area contributed by atoms with E-state index in [-0.39, 0.29) is 19.0 Å². The van der Waals surface area contributed by atoms with Crippen LogP contribution < -0.4 is 0 Å². The zero-order chi connectivity index (χ0) is 15.3. The van der Waals surface area contributed by atoms with Gasteiger partial charge in [0.15, 0.2) is 5.60 Å². The number of rotatable bonds is 0.